The van der Waals surface area contributed by atoms with Crippen LogP contribution in [0, 0.1) is 0 Å². The first kappa shape index (κ1) is 25.8. The molecular weight excluding hydrogens is 420 g/mol. The highest BCUT2D eigenvalue weighted by molar-refractivity contribution is 5.99. The third kappa shape index (κ3) is 6.40. The summed E-state index contributed by atoms with van der Waals surface area (Å²) in [6, 6.07) is 14.2. The summed E-state index contributed by atoms with van der Waals surface area (Å²) in [7, 11) is 0. The molecule has 5 rings (SSSR count). The molecule has 2 aromatic carbocycles. The molecule has 2 N–H and O–H groups in total. The number of benzene rings is 2. The summed E-state index contributed by atoms with van der Waals surface area (Å²) >= 11 is 0. The van der Waals surface area contributed by atoms with Crippen molar-refractivity contribution in [2.24, 2.45) is 0 Å². The molecule has 2 heterocycles. The fourth-order valence-corrected chi connectivity index (χ4v) is 4.93. The van der Waals surface area contributed by atoms with Crippen molar-refractivity contribution in [3.8, 4) is 0 Å². The fraction of sp³-hybridized carbons (Fsp3) is 0.517. The van der Waals surface area contributed by atoms with Crippen LogP contribution in [0.4, 0.5) is 11.4 Å². The van der Waals surface area contributed by atoms with E-state index in [1.165, 1.54) is 44.9 Å². The number of nitrogens with zero attached hydrogens (tertiary/aromatic N) is 2. The molecule has 0 unspecified atom stereocenters. The van der Waals surface area contributed by atoms with E-state index in [0.29, 0.717) is 12.3 Å². The molecule has 1 saturated heterocycles. The molecule has 0 spiro atoms. The van der Waals surface area contributed by atoms with E-state index in [-0.39, 0.29) is 5.91 Å². The minimum atomic E-state index is 0.0213. The van der Waals surface area contributed by atoms with Crippen LogP contribution in [-0.4, -0.2) is 29.0 Å². The molecule has 5 heteroatoms. The van der Waals surface area contributed by atoms with Gasteiger partial charge in [0.05, 0.1) is 28.8 Å². The lowest BCUT2D eigenvalue weighted by Crippen LogP contribution is -2.22. The second kappa shape index (κ2) is 13.2. The van der Waals surface area contributed by atoms with Gasteiger partial charge in [0.1, 0.15) is 5.82 Å². The van der Waals surface area contributed by atoms with Crippen LogP contribution in [0.3, 0.4) is 0 Å². The lowest BCUT2D eigenvalue weighted by molar-refractivity contribution is -0.115. The maximum atomic E-state index is 12.8. The molecule has 34 heavy (non-hydrogen) atoms. The number of nitrogens with one attached hydrogen (secondary N) is 2. The molecule has 1 aliphatic heterocycles. The Morgan fingerprint density at radius 2 is 1.65 bits per heavy atom. The van der Waals surface area contributed by atoms with Crippen molar-refractivity contribution in [2.45, 2.75) is 85.0 Å². The van der Waals surface area contributed by atoms with E-state index in [2.05, 4.69) is 27.3 Å². The van der Waals surface area contributed by atoms with Gasteiger partial charge < -0.3 is 15.2 Å². The first-order chi connectivity index (χ1) is 16.8. The summed E-state index contributed by atoms with van der Waals surface area (Å²) in [6.07, 6.45) is 9.15. The van der Waals surface area contributed by atoms with Crippen molar-refractivity contribution in [3.63, 3.8) is 0 Å². The maximum absolute atomic E-state index is 12.8. The van der Waals surface area contributed by atoms with Crippen LogP contribution in [0.1, 0.15) is 89.9 Å². The third-order valence-corrected chi connectivity index (χ3v) is 6.54. The second-order valence-electron chi connectivity index (χ2n) is 8.75. The predicted octanol–water partition coefficient (Wildman–Crippen LogP) is 7.44. The molecular formula is C29H42N4O. The number of rotatable bonds is 5. The number of hydrogen-bond acceptors (Lipinski definition) is 3. The lowest BCUT2D eigenvalue weighted by Gasteiger charge is -2.21. The smallest absolute Gasteiger partial charge is 0.228 e. The van der Waals surface area contributed by atoms with Gasteiger partial charge in [0.25, 0.3) is 0 Å². The number of aromatic amines is 1. The van der Waals surface area contributed by atoms with E-state index < -0.39 is 0 Å². The molecule has 1 saturated carbocycles. The van der Waals surface area contributed by atoms with Crippen LogP contribution in [0.15, 0.2) is 42.5 Å². The van der Waals surface area contributed by atoms with Crippen molar-refractivity contribution >= 4 is 28.3 Å². The Kier molecular flexibility index (Phi) is 9.99. The average Bonchev–Trinajstić information content (AvgIpc) is 3.57. The van der Waals surface area contributed by atoms with E-state index in [4.69, 9.17) is 4.98 Å². The van der Waals surface area contributed by atoms with Gasteiger partial charge in [-0.15, -0.1) is 0 Å². The van der Waals surface area contributed by atoms with Gasteiger partial charge in [0, 0.05) is 19.0 Å². The van der Waals surface area contributed by atoms with E-state index in [1.807, 2.05) is 58.0 Å². The monoisotopic (exact) mass is 462 g/mol. The number of H-pyrrole nitrogens is 1. The number of carbonyl (C=O) groups excluding carboxylic acids is 1. The molecule has 1 amide bonds. The van der Waals surface area contributed by atoms with Gasteiger partial charge >= 0.3 is 0 Å². The highest BCUT2D eigenvalue weighted by Crippen LogP contribution is 2.36. The van der Waals surface area contributed by atoms with Crippen LogP contribution < -0.4 is 10.2 Å². The van der Waals surface area contributed by atoms with E-state index in [0.717, 1.165) is 46.9 Å². The minimum Gasteiger partial charge on any atom is -0.370 e. The Bertz CT molecular complexity index is 1020. The highest BCUT2D eigenvalue weighted by Gasteiger charge is 2.22. The fourth-order valence-electron chi connectivity index (χ4n) is 4.93. The van der Waals surface area contributed by atoms with Gasteiger partial charge in [-0.25, -0.2) is 4.98 Å². The Hall–Kier alpha value is -2.82. The number of aromatic nitrogens is 2. The molecule has 0 radical (unpaired) electrons. The Morgan fingerprint density at radius 3 is 2.32 bits per heavy atom. The minimum absolute atomic E-state index is 0.0213. The number of imidazole rings is 1. The van der Waals surface area contributed by atoms with Gasteiger partial charge in [-0.05, 0) is 43.4 Å². The second-order valence-corrected chi connectivity index (χ2v) is 8.75. The van der Waals surface area contributed by atoms with Crippen molar-refractivity contribution in [1.29, 1.82) is 0 Å². The summed E-state index contributed by atoms with van der Waals surface area (Å²) in [5.74, 6) is 1.68. The van der Waals surface area contributed by atoms with Gasteiger partial charge in [-0.1, -0.05) is 77.3 Å². The molecule has 0 atom stereocenters. The molecule has 3 aromatic rings. The zero-order chi connectivity index (χ0) is 24.3. The molecule has 0 bridgehead atoms. The predicted molar refractivity (Wildman–Crippen MR) is 145 cm³/mol. The molecule has 5 nitrogen and oxygen atoms in total. The summed E-state index contributed by atoms with van der Waals surface area (Å²) in [5.41, 5.74) is 5.05. The van der Waals surface area contributed by atoms with Crippen LogP contribution in [0.2, 0.25) is 0 Å². The lowest BCUT2D eigenvalue weighted by atomic mass is 9.89. The first-order valence-corrected chi connectivity index (χ1v) is 13.4. The Labute approximate surface area is 205 Å². The van der Waals surface area contributed by atoms with E-state index in [9.17, 15) is 4.79 Å². The molecule has 184 valence electrons. The number of amides is 1. The van der Waals surface area contributed by atoms with Gasteiger partial charge in [-0.2, -0.15) is 0 Å². The first-order valence-electron chi connectivity index (χ1n) is 13.4. The van der Waals surface area contributed by atoms with Crippen LogP contribution in [0.25, 0.3) is 11.0 Å². The number of hydrogen-bond donors (Lipinski definition) is 2. The summed E-state index contributed by atoms with van der Waals surface area (Å²) in [4.78, 5) is 23.7. The quantitative estimate of drug-likeness (QED) is 0.414. The maximum Gasteiger partial charge on any atom is 0.228 e. The van der Waals surface area contributed by atoms with Gasteiger partial charge in [-0.3, -0.25) is 4.79 Å². The van der Waals surface area contributed by atoms with E-state index in [1.54, 1.807) is 0 Å². The largest absolute Gasteiger partial charge is 0.370 e. The summed E-state index contributed by atoms with van der Waals surface area (Å²) in [6.45, 7) is 10.1. The summed E-state index contributed by atoms with van der Waals surface area (Å²) < 4.78 is 0. The third-order valence-electron chi connectivity index (χ3n) is 6.54. The van der Waals surface area contributed by atoms with Gasteiger partial charge in [0.15, 0.2) is 0 Å². The van der Waals surface area contributed by atoms with E-state index >= 15 is 0 Å². The normalized spacial score (nSPS) is 15.8. The zero-order valence-corrected chi connectivity index (χ0v) is 21.5. The van der Waals surface area contributed by atoms with Crippen molar-refractivity contribution in [2.75, 3.05) is 23.3 Å². The molecule has 1 aromatic heterocycles. The molecule has 2 fully saturated rings. The van der Waals surface area contributed by atoms with Crippen LogP contribution in [0.5, 0.6) is 0 Å². The molecule has 1 aliphatic carbocycles. The van der Waals surface area contributed by atoms with Crippen molar-refractivity contribution < 1.29 is 4.79 Å². The van der Waals surface area contributed by atoms with Crippen LogP contribution >= 0.6 is 0 Å². The number of carbonyl (C=O) groups is 1. The van der Waals surface area contributed by atoms with Crippen molar-refractivity contribution in [1.82, 2.24) is 9.97 Å². The number of anilines is 2. The standard InChI is InChI=1S/C25H30N4O.2C2H6/c30-24(15-18-9-3-1-4-10-18)26-22-16-20-21(17-23(22)29-13-7-8-14-29)28-25(27-20)19-11-5-2-6-12-19;2*1-2/h1,3-4,9-10,16-17,19H,2,5-8,11-15H2,(H,26,30)(H,27,28);2*1-2H3. The van der Waals surface area contributed by atoms with Gasteiger partial charge in [0.2, 0.25) is 5.91 Å². The SMILES string of the molecule is CC.CC.O=C(Cc1ccccc1)Nc1cc2[nH]c(C3CCCCC3)nc2cc1N1CCCC1. The Morgan fingerprint density at radius 1 is 0.971 bits per heavy atom. The average molecular weight is 463 g/mol. The van der Waals surface area contributed by atoms with Crippen molar-refractivity contribution in [3.05, 3.63) is 53.9 Å². The topological polar surface area (TPSA) is 61.0 Å². The number of fused-ring (bicyclic) bond motifs is 1. The Balaban J connectivity index is 0.000000771. The summed E-state index contributed by atoms with van der Waals surface area (Å²) in [5, 5.41) is 3.19. The van der Waals surface area contributed by atoms with Crippen LogP contribution in [-0.2, 0) is 11.2 Å². The highest BCUT2D eigenvalue weighted by atomic mass is 16.1. The molecule has 2 aliphatic rings. The zero-order valence-electron chi connectivity index (χ0n) is 21.5.